The van der Waals surface area contributed by atoms with Gasteiger partial charge in [-0.05, 0) is 98.1 Å². The Balaban J connectivity index is 1.55. The number of rotatable bonds is 7. The summed E-state index contributed by atoms with van der Waals surface area (Å²) < 4.78 is 41.9. The number of allylic oxidation sites excluding steroid dienone is 1. The molecule has 3 rings (SSSR count). The molecule has 1 aliphatic carbocycles. The van der Waals surface area contributed by atoms with Crippen molar-refractivity contribution in [2.45, 2.75) is 51.4 Å². The minimum atomic E-state index is -0.875. The predicted octanol–water partition coefficient (Wildman–Crippen LogP) is 6.69. The molecule has 0 amide bonds. The molecule has 1 saturated carbocycles. The van der Waals surface area contributed by atoms with Crippen LogP contribution in [0.2, 0.25) is 0 Å². The maximum Gasteiger partial charge on any atom is 0.144 e. The van der Waals surface area contributed by atoms with Gasteiger partial charge < -0.3 is 0 Å². The van der Waals surface area contributed by atoms with Gasteiger partial charge in [-0.25, -0.2) is 13.2 Å². The van der Waals surface area contributed by atoms with Gasteiger partial charge in [-0.1, -0.05) is 18.2 Å². The van der Waals surface area contributed by atoms with Gasteiger partial charge in [0.05, 0.1) is 0 Å². The lowest BCUT2D eigenvalue weighted by atomic mass is 9.79. The lowest BCUT2D eigenvalue weighted by Gasteiger charge is -2.26. The van der Waals surface area contributed by atoms with E-state index in [9.17, 15) is 13.2 Å². The number of nitriles is 1. The first-order chi connectivity index (χ1) is 14.0. The molecule has 1 nitrogen and oxygen atoms in total. The molecule has 0 aliphatic heterocycles. The van der Waals surface area contributed by atoms with E-state index < -0.39 is 17.2 Å². The standard InChI is InChI=1S/C25H26F3N/c1-2-17-3-5-18(6-4-17)7-8-19-9-11-21(23(26)13-19)12-10-20-14-24(27)22(16-29)25(28)15-20/h2,9,11,13-15,17-18H,1,3-8,10,12H2. The third kappa shape index (κ3) is 5.50. The Morgan fingerprint density at radius 1 is 0.897 bits per heavy atom. The molecule has 29 heavy (non-hydrogen) atoms. The van der Waals surface area contributed by atoms with E-state index in [1.54, 1.807) is 12.1 Å². The Hall–Kier alpha value is -2.54. The van der Waals surface area contributed by atoms with Crippen LogP contribution < -0.4 is 0 Å². The van der Waals surface area contributed by atoms with Crippen LogP contribution in [0.4, 0.5) is 13.2 Å². The quantitative estimate of drug-likeness (QED) is 0.478. The number of hydrogen-bond donors (Lipinski definition) is 0. The smallest absolute Gasteiger partial charge is 0.144 e. The Kier molecular flexibility index (Phi) is 7.14. The fourth-order valence-corrected chi connectivity index (χ4v) is 4.19. The second kappa shape index (κ2) is 9.78. The third-order valence-electron chi connectivity index (χ3n) is 6.08. The first kappa shape index (κ1) is 21.2. The highest BCUT2D eigenvalue weighted by Crippen LogP contribution is 2.32. The highest BCUT2D eigenvalue weighted by molar-refractivity contribution is 5.35. The van der Waals surface area contributed by atoms with Crippen molar-refractivity contribution in [3.8, 4) is 6.07 Å². The van der Waals surface area contributed by atoms with E-state index in [-0.39, 0.29) is 5.82 Å². The van der Waals surface area contributed by atoms with Crippen LogP contribution in [-0.4, -0.2) is 0 Å². The molecule has 2 aromatic carbocycles. The van der Waals surface area contributed by atoms with Crippen molar-refractivity contribution in [1.82, 2.24) is 0 Å². The van der Waals surface area contributed by atoms with Gasteiger partial charge in [-0.15, -0.1) is 6.58 Å². The lowest BCUT2D eigenvalue weighted by Crippen LogP contribution is -2.13. The van der Waals surface area contributed by atoms with Crippen LogP contribution >= 0.6 is 0 Å². The van der Waals surface area contributed by atoms with E-state index in [1.807, 2.05) is 6.07 Å². The number of hydrogen-bond acceptors (Lipinski definition) is 1. The van der Waals surface area contributed by atoms with Crippen LogP contribution in [0.15, 0.2) is 43.0 Å². The van der Waals surface area contributed by atoms with Crippen molar-refractivity contribution >= 4 is 0 Å². The molecule has 1 aliphatic rings. The minimum Gasteiger partial charge on any atom is -0.207 e. The normalized spacial score (nSPS) is 19.0. The van der Waals surface area contributed by atoms with Gasteiger partial charge in [0, 0.05) is 0 Å². The van der Waals surface area contributed by atoms with Crippen molar-refractivity contribution in [3.63, 3.8) is 0 Å². The van der Waals surface area contributed by atoms with Gasteiger partial charge in [0.2, 0.25) is 0 Å². The summed E-state index contributed by atoms with van der Waals surface area (Å²) in [5.41, 5.74) is 1.36. The Morgan fingerprint density at radius 3 is 2.14 bits per heavy atom. The van der Waals surface area contributed by atoms with E-state index >= 15 is 0 Å². The number of benzene rings is 2. The molecule has 0 N–H and O–H groups in total. The fraction of sp³-hybridized carbons (Fsp3) is 0.400. The first-order valence-electron chi connectivity index (χ1n) is 10.3. The molecule has 0 unspecified atom stereocenters. The molecule has 0 heterocycles. The SMILES string of the molecule is C=CC1CCC(CCc2ccc(CCc3cc(F)c(C#N)c(F)c3)c(F)c2)CC1. The van der Waals surface area contributed by atoms with E-state index in [2.05, 4.69) is 12.7 Å². The Morgan fingerprint density at radius 2 is 1.55 bits per heavy atom. The summed E-state index contributed by atoms with van der Waals surface area (Å²) in [6.07, 6.45) is 9.51. The van der Waals surface area contributed by atoms with Crippen LogP contribution in [0.1, 0.15) is 54.4 Å². The maximum atomic E-state index is 14.5. The molecule has 1 fully saturated rings. The third-order valence-corrected chi connectivity index (χ3v) is 6.08. The molecule has 0 bridgehead atoms. The molecule has 0 saturated heterocycles. The summed E-state index contributed by atoms with van der Waals surface area (Å²) in [5.74, 6) is -0.663. The van der Waals surface area contributed by atoms with E-state index in [4.69, 9.17) is 5.26 Å². The molecule has 0 atom stereocenters. The van der Waals surface area contributed by atoms with Crippen molar-refractivity contribution in [2.24, 2.45) is 11.8 Å². The van der Waals surface area contributed by atoms with Crippen molar-refractivity contribution in [2.75, 3.05) is 0 Å². The van der Waals surface area contributed by atoms with E-state index in [1.165, 1.54) is 31.8 Å². The topological polar surface area (TPSA) is 23.8 Å². The molecule has 4 heteroatoms. The van der Waals surface area contributed by atoms with Crippen molar-refractivity contribution < 1.29 is 13.2 Å². The van der Waals surface area contributed by atoms with Crippen molar-refractivity contribution in [1.29, 1.82) is 5.26 Å². The summed E-state index contributed by atoms with van der Waals surface area (Å²) in [5, 5.41) is 8.73. The van der Waals surface area contributed by atoms with E-state index in [0.29, 0.717) is 35.8 Å². The average Bonchev–Trinajstić information content (AvgIpc) is 2.72. The van der Waals surface area contributed by atoms with Gasteiger partial charge >= 0.3 is 0 Å². The summed E-state index contributed by atoms with van der Waals surface area (Å²) in [6, 6.07) is 9.12. The zero-order chi connectivity index (χ0) is 20.8. The zero-order valence-electron chi connectivity index (χ0n) is 16.6. The van der Waals surface area contributed by atoms with Crippen LogP contribution in [0.25, 0.3) is 0 Å². The molecule has 0 radical (unpaired) electrons. The van der Waals surface area contributed by atoms with Crippen LogP contribution in [0, 0.1) is 40.6 Å². The summed E-state index contributed by atoms with van der Waals surface area (Å²) in [6.45, 7) is 3.88. The largest absolute Gasteiger partial charge is 0.207 e. The van der Waals surface area contributed by atoms with Gasteiger partial charge in [0.25, 0.3) is 0 Å². The molecule has 0 aromatic heterocycles. The number of halogens is 3. The van der Waals surface area contributed by atoms with Crippen LogP contribution in [0.3, 0.4) is 0 Å². The zero-order valence-corrected chi connectivity index (χ0v) is 16.6. The summed E-state index contributed by atoms with van der Waals surface area (Å²) in [4.78, 5) is 0. The van der Waals surface area contributed by atoms with Gasteiger partial charge in [-0.2, -0.15) is 5.26 Å². The number of nitrogens with zero attached hydrogens (tertiary/aromatic N) is 1. The summed E-state index contributed by atoms with van der Waals surface area (Å²) in [7, 11) is 0. The highest BCUT2D eigenvalue weighted by Gasteiger charge is 2.19. The molecule has 0 spiro atoms. The monoisotopic (exact) mass is 397 g/mol. The second-order valence-corrected chi connectivity index (χ2v) is 8.03. The Labute approximate surface area is 170 Å². The van der Waals surface area contributed by atoms with Crippen LogP contribution in [-0.2, 0) is 19.3 Å². The Bertz CT molecular complexity index is 882. The first-order valence-corrected chi connectivity index (χ1v) is 10.3. The lowest BCUT2D eigenvalue weighted by molar-refractivity contribution is 0.296. The van der Waals surface area contributed by atoms with Crippen molar-refractivity contribution in [3.05, 3.63) is 82.7 Å². The predicted molar refractivity (Wildman–Crippen MR) is 109 cm³/mol. The second-order valence-electron chi connectivity index (χ2n) is 8.03. The van der Waals surface area contributed by atoms with E-state index in [0.717, 1.165) is 30.5 Å². The molecule has 152 valence electrons. The maximum absolute atomic E-state index is 14.5. The van der Waals surface area contributed by atoms with Gasteiger partial charge in [-0.3, -0.25) is 0 Å². The average molecular weight is 397 g/mol. The number of aryl methyl sites for hydroxylation is 3. The highest BCUT2D eigenvalue weighted by atomic mass is 19.1. The van der Waals surface area contributed by atoms with Crippen LogP contribution in [0.5, 0.6) is 0 Å². The minimum absolute atomic E-state index is 0.271. The molecular formula is C25H26F3N. The van der Waals surface area contributed by atoms with Gasteiger partial charge in [0.15, 0.2) is 0 Å². The van der Waals surface area contributed by atoms with Gasteiger partial charge in [0.1, 0.15) is 29.1 Å². The molecule has 2 aromatic rings. The summed E-state index contributed by atoms with van der Waals surface area (Å²) >= 11 is 0. The molecular weight excluding hydrogens is 371 g/mol. The fourth-order valence-electron chi connectivity index (χ4n) is 4.19.